The van der Waals surface area contributed by atoms with E-state index in [0.29, 0.717) is 37.6 Å². The standard InChI is InChI=1S/C15H25N3O4S2/c1-14(2)16-24(21,22)18-10-8-17(9-11-18)12-13-23(19,20)15-6-4-3-5-7-15/h3-7,14,16H,8-13H2,1-2H3. The zero-order valence-corrected chi connectivity index (χ0v) is 15.7. The minimum Gasteiger partial charge on any atom is -0.300 e. The monoisotopic (exact) mass is 375 g/mol. The van der Waals surface area contributed by atoms with E-state index in [0.717, 1.165) is 0 Å². The Bertz CT molecular complexity index is 725. The number of nitrogens with zero attached hydrogens (tertiary/aromatic N) is 2. The van der Waals surface area contributed by atoms with Crippen LogP contribution in [0.25, 0.3) is 0 Å². The van der Waals surface area contributed by atoms with E-state index < -0.39 is 20.0 Å². The number of benzene rings is 1. The van der Waals surface area contributed by atoms with Gasteiger partial charge in [0.25, 0.3) is 10.2 Å². The molecule has 1 N–H and O–H groups in total. The molecule has 0 unspecified atom stereocenters. The SMILES string of the molecule is CC(C)NS(=O)(=O)N1CCN(CCS(=O)(=O)c2ccccc2)CC1. The summed E-state index contributed by atoms with van der Waals surface area (Å²) >= 11 is 0. The van der Waals surface area contributed by atoms with Gasteiger partial charge in [-0.15, -0.1) is 0 Å². The molecule has 0 spiro atoms. The predicted octanol–water partition coefficient (Wildman–Crippen LogP) is 0.321. The van der Waals surface area contributed by atoms with Crippen molar-refractivity contribution in [3.63, 3.8) is 0 Å². The maximum absolute atomic E-state index is 12.3. The lowest BCUT2D eigenvalue weighted by Gasteiger charge is -2.34. The number of hydrogen-bond donors (Lipinski definition) is 1. The molecule has 0 aliphatic carbocycles. The van der Waals surface area contributed by atoms with Crippen molar-refractivity contribution in [3.8, 4) is 0 Å². The van der Waals surface area contributed by atoms with E-state index in [4.69, 9.17) is 0 Å². The fraction of sp³-hybridized carbons (Fsp3) is 0.600. The van der Waals surface area contributed by atoms with Crippen LogP contribution in [0, 0.1) is 0 Å². The Kier molecular flexibility index (Phi) is 6.38. The van der Waals surface area contributed by atoms with E-state index in [1.165, 1.54) is 4.31 Å². The minimum absolute atomic E-state index is 0.0357. The summed E-state index contributed by atoms with van der Waals surface area (Å²) in [5, 5.41) is 0. The summed E-state index contributed by atoms with van der Waals surface area (Å²) in [7, 11) is -6.76. The van der Waals surface area contributed by atoms with Crippen LogP contribution in [0.5, 0.6) is 0 Å². The highest BCUT2D eigenvalue weighted by molar-refractivity contribution is 7.91. The van der Waals surface area contributed by atoms with Gasteiger partial charge in [0.15, 0.2) is 9.84 Å². The first kappa shape index (κ1) is 19.3. The lowest BCUT2D eigenvalue weighted by molar-refractivity contribution is 0.195. The average molecular weight is 376 g/mol. The van der Waals surface area contributed by atoms with Crippen LogP contribution in [-0.2, 0) is 20.0 Å². The molecule has 7 nitrogen and oxygen atoms in total. The van der Waals surface area contributed by atoms with Gasteiger partial charge in [-0.3, -0.25) is 4.90 Å². The summed E-state index contributed by atoms with van der Waals surface area (Å²) < 4.78 is 52.7. The second-order valence-corrected chi connectivity index (χ2v) is 9.96. The van der Waals surface area contributed by atoms with Gasteiger partial charge in [-0.05, 0) is 26.0 Å². The van der Waals surface area contributed by atoms with Gasteiger partial charge < -0.3 is 0 Å². The number of piperazine rings is 1. The molecule has 2 rings (SSSR count). The largest absolute Gasteiger partial charge is 0.300 e. The number of nitrogens with one attached hydrogen (secondary N) is 1. The van der Waals surface area contributed by atoms with Crippen LogP contribution in [-0.4, -0.2) is 70.6 Å². The van der Waals surface area contributed by atoms with Gasteiger partial charge in [0.2, 0.25) is 0 Å². The molecular formula is C15H25N3O4S2. The van der Waals surface area contributed by atoms with Crippen molar-refractivity contribution in [1.82, 2.24) is 13.9 Å². The fourth-order valence-electron chi connectivity index (χ4n) is 2.56. The third-order valence-electron chi connectivity index (χ3n) is 3.83. The van der Waals surface area contributed by atoms with E-state index >= 15 is 0 Å². The molecule has 0 atom stereocenters. The Hall–Kier alpha value is -1.00. The Morgan fingerprint density at radius 1 is 1.00 bits per heavy atom. The first-order valence-corrected chi connectivity index (χ1v) is 11.1. The van der Waals surface area contributed by atoms with Crippen molar-refractivity contribution in [1.29, 1.82) is 0 Å². The zero-order chi connectivity index (χ0) is 17.8. The summed E-state index contributed by atoms with van der Waals surface area (Å²) in [4.78, 5) is 2.31. The Morgan fingerprint density at radius 3 is 2.12 bits per heavy atom. The van der Waals surface area contributed by atoms with Gasteiger partial charge in [-0.2, -0.15) is 17.4 Å². The molecule has 0 radical (unpaired) electrons. The minimum atomic E-state index is -3.45. The molecule has 9 heteroatoms. The highest BCUT2D eigenvalue weighted by atomic mass is 32.2. The molecule has 1 aromatic carbocycles. The first-order valence-electron chi connectivity index (χ1n) is 7.98. The summed E-state index contributed by atoms with van der Waals surface area (Å²) in [6.45, 7) is 5.76. The quantitative estimate of drug-likeness (QED) is 0.742. The van der Waals surface area contributed by atoms with Crippen LogP contribution in [0.2, 0.25) is 0 Å². The topological polar surface area (TPSA) is 86.8 Å². The molecule has 0 amide bonds. The second-order valence-electron chi connectivity index (χ2n) is 6.15. The van der Waals surface area contributed by atoms with E-state index in [1.54, 1.807) is 44.2 Å². The summed E-state index contributed by atoms with van der Waals surface area (Å²) in [6, 6.07) is 8.24. The summed E-state index contributed by atoms with van der Waals surface area (Å²) in [6.07, 6.45) is 0. The molecule has 0 saturated carbocycles. The molecule has 1 saturated heterocycles. The average Bonchev–Trinajstić information content (AvgIpc) is 2.53. The Balaban J connectivity index is 1.86. The second kappa shape index (κ2) is 7.92. The van der Waals surface area contributed by atoms with Gasteiger partial charge in [0.1, 0.15) is 0 Å². The van der Waals surface area contributed by atoms with Crippen molar-refractivity contribution in [2.24, 2.45) is 0 Å². The highest BCUT2D eigenvalue weighted by Gasteiger charge is 2.27. The third-order valence-corrected chi connectivity index (χ3v) is 7.36. The van der Waals surface area contributed by atoms with Gasteiger partial charge in [0.05, 0.1) is 10.6 Å². The molecule has 1 fully saturated rings. The predicted molar refractivity (Wildman–Crippen MR) is 93.7 cm³/mol. The lowest BCUT2D eigenvalue weighted by Crippen LogP contribution is -2.53. The highest BCUT2D eigenvalue weighted by Crippen LogP contribution is 2.12. The van der Waals surface area contributed by atoms with Gasteiger partial charge in [0, 0.05) is 38.8 Å². The van der Waals surface area contributed by atoms with Crippen molar-refractivity contribution in [2.45, 2.75) is 24.8 Å². The van der Waals surface area contributed by atoms with E-state index in [-0.39, 0.29) is 11.8 Å². The van der Waals surface area contributed by atoms with Crippen LogP contribution >= 0.6 is 0 Å². The molecule has 136 valence electrons. The smallest absolute Gasteiger partial charge is 0.279 e. The maximum Gasteiger partial charge on any atom is 0.279 e. The molecule has 0 aromatic heterocycles. The number of hydrogen-bond acceptors (Lipinski definition) is 5. The molecule has 0 bridgehead atoms. The van der Waals surface area contributed by atoms with Crippen LogP contribution in [0.1, 0.15) is 13.8 Å². The maximum atomic E-state index is 12.3. The van der Waals surface area contributed by atoms with Crippen LogP contribution in [0.4, 0.5) is 0 Å². The lowest BCUT2D eigenvalue weighted by atomic mass is 10.4. The van der Waals surface area contributed by atoms with Crippen LogP contribution < -0.4 is 4.72 Å². The molecule has 1 aromatic rings. The molecule has 1 heterocycles. The third kappa shape index (κ3) is 5.25. The number of sulfone groups is 1. The van der Waals surface area contributed by atoms with E-state index in [1.807, 2.05) is 4.90 Å². The van der Waals surface area contributed by atoms with Crippen molar-refractivity contribution >= 4 is 20.0 Å². The van der Waals surface area contributed by atoms with Gasteiger partial charge in [-0.25, -0.2) is 8.42 Å². The summed E-state index contributed by atoms with van der Waals surface area (Å²) in [5.41, 5.74) is 0. The fourth-order valence-corrected chi connectivity index (χ4v) is 5.26. The van der Waals surface area contributed by atoms with E-state index in [9.17, 15) is 16.8 Å². The van der Waals surface area contributed by atoms with Crippen molar-refractivity contribution in [2.75, 3.05) is 38.5 Å². The van der Waals surface area contributed by atoms with Crippen molar-refractivity contribution < 1.29 is 16.8 Å². The normalized spacial score (nSPS) is 18.1. The van der Waals surface area contributed by atoms with Crippen LogP contribution in [0.3, 0.4) is 0 Å². The Labute approximate surface area is 144 Å². The number of rotatable bonds is 7. The zero-order valence-electron chi connectivity index (χ0n) is 14.1. The molecular weight excluding hydrogens is 350 g/mol. The van der Waals surface area contributed by atoms with E-state index in [2.05, 4.69) is 4.72 Å². The van der Waals surface area contributed by atoms with Crippen molar-refractivity contribution in [3.05, 3.63) is 30.3 Å². The van der Waals surface area contributed by atoms with Crippen LogP contribution in [0.15, 0.2) is 35.2 Å². The molecule has 1 aliphatic rings. The Morgan fingerprint density at radius 2 is 1.58 bits per heavy atom. The summed E-state index contributed by atoms with van der Waals surface area (Å²) in [5.74, 6) is 0.0357. The molecule has 1 aliphatic heterocycles. The van der Waals surface area contributed by atoms with Gasteiger partial charge in [-0.1, -0.05) is 18.2 Å². The first-order chi connectivity index (χ1) is 11.2. The molecule has 24 heavy (non-hydrogen) atoms. The van der Waals surface area contributed by atoms with Gasteiger partial charge >= 0.3 is 0 Å².